The van der Waals surface area contributed by atoms with Gasteiger partial charge in [0.1, 0.15) is 11.8 Å². The molecular formula is C25H30N6O2. The number of carbonyl (C=O) groups excluding carboxylic acids is 1. The second-order valence-corrected chi connectivity index (χ2v) is 8.34. The first-order chi connectivity index (χ1) is 16.0. The first kappa shape index (κ1) is 22.5. The van der Waals surface area contributed by atoms with E-state index in [1.165, 1.54) is 0 Å². The number of carbonyl (C=O) groups is 1. The molecule has 1 atom stereocenters. The van der Waals surface area contributed by atoms with Crippen LogP contribution in [0.4, 0.5) is 11.6 Å². The molecule has 0 spiro atoms. The summed E-state index contributed by atoms with van der Waals surface area (Å²) >= 11 is 0. The van der Waals surface area contributed by atoms with Gasteiger partial charge in [0.2, 0.25) is 5.95 Å². The minimum Gasteiger partial charge on any atom is -0.494 e. The molecule has 1 unspecified atom stereocenters. The second-order valence-electron chi connectivity index (χ2n) is 8.34. The van der Waals surface area contributed by atoms with Crippen LogP contribution in [0.5, 0.6) is 5.75 Å². The standard InChI is InChI=1S/C25H30N6O2/c1-5-6-7-15-33-20-13-11-19(12-14-20)23-22(18(4)26-25-28-29-30-31(23)25)24(32)27-21-10-8-9-16(2)17(21)3/h8-14,23H,5-7,15H2,1-4H3,(H,27,32)(H,26,28,30). The highest BCUT2D eigenvalue weighted by Gasteiger charge is 2.34. The molecule has 2 heterocycles. The molecule has 1 aliphatic rings. The van der Waals surface area contributed by atoms with Gasteiger partial charge < -0.3 is 15.4 Å². The molecule has 1 aliphatic heterocycles. The highest BCUT2D eigenvalue weighted by molar-refractivity contribution is 6.06. The molecule has 4 rings (SSSR count). The molecule has 0 bridgehead atoms. The number of rotatable bonds is 8. The highest BCUT2D eigenvalue weighted by atomic mass is 16.5. The SMILES string of the molecule is CCCCCOc1ccc(C2C(C(=O)Nc3cccc(C)c3C)=C(C)Nc3nnnn32)cc1. The summed E-state index contributed by atoms with van der Waals surface area (Å²) in [6.07, 6.45) is 3.34. The van der Waals surface area contributed by atoms with E-state index in [-0.39, 0.29) is 5.91 Å². The molecule has 0 saturated carbocycles. The Kier molecular flexibility index (Phi) is 6.72. The Morgan fingerprint density at radius 3 is 2.67 bits per heavy atom. The van der Waals surface area contributed by atoms with Crippen LogP contribution in [-0.4, -0.2) is 32.7 Å². The third-order valence-electron chi connectivity index (χ3n) is 6.02. The van der Waals surface area contributed by atoms with Gasteiger partial charge in [0.15, 0.2) is 0 Å². The molecule has 0 aliphatic carbocycles. The van der Waals surface area contributed by atoms with E-state index in [4.69, 9.17) is 4.74 Å². The summed E-state index contributed by atoms with van der Waals surface area (Å²) in [7, 11) is 0. The lowest BCUT2D eigenvalue weighted by molar-refractivity contribution is -0.113. The average molecular weight is 447 g/mol. The molecule has 1 aromatic heterocycles. The molecule has 8 heteroatoms. The number of benzene rings is 2. The molecule has 2 aromatic carbocycles. The van der Waals surface area contributed by atoms with Gasteiger partial charge in [-0.15, -0.1) is 0 Å². The third kappa shape index (κ3) is 4.74. The lowest BCUT2D eigenvalue weighted by Crippen LogP contribution is -2.31. The molecule has 0 saturated heterocycles. The van der Waals surface area contributed by atoms with E-state index >= 15 is 0 Å². The highest BCUT2D eigenvalue weighted by Crippen LogP contribution is 2.35. The molecule has 3 aromatic rings. The number of aromatic nitrogens is 4. The van der Waals surface area contributed by atoms with Gasteiger partial charge in [-0.05, 0) is 72.5 Å². The number of amides is 1. The van der Waals surface area contributed by atoms with E-state index in [1.54, 1.807) is 4.68 Å². The van der Waals surface area contributed by atoms with Crippen LogP contribution < -0.4 is 15.4 Å². The first-order valence-electron chi connectivity index (χ1n) is 11.4. The number of tetrazole rings is 1. The maximum atomic E-state index is 13.5. The monoisotopic (exact) mass is 446 g/mol. The fraction of sp³-hybridized carbons (Fsp3) is 0.360. The van der Waals surface area contributed by atoms with Gasteiger partial charge in [-0.25, -0.2) is 0 Å². The van der Waals surface area contributed by atoms with Crippen molar-refractivity contribution in [3.05, 3.63) is 70.4 Å². The Labute approximate surface area is 194 Å². The van der Waals surface area contributed by atoms with Crippen molar-refractivity contribution < 1.29 is 9.53 Å². The average Bonchev–Trinajstić information content (AvgIpc) is 3.27. The van der Waals surface area contributed by atoms with Crippen molar-refractivity contribution in [3.63, 3.8) is 0 Å². The Morgan fingerprint density at radius 2 is 1.91 bits per heavy atom. The number of nitrogens with zero attached hydrogens (tertiary/aromatic N) is 4. The van der Waals surface area contributed by atoms with Crippen LogP contribution >= 0.6 is 0 Å². The van der Waals surface area contributed by atoms with Gasteiger partial charge in [0, 0.05) is 11.4 Å². The number of allylic oxidation sites excluding steroid dienone is 1. The lowest BCUT2D eigenvalue weighted by atomic mass is 9.94. The van der Waals surface area contributed by atoms with Crippen molar-refractivity contribution in [1.82, 2.24) is 20.2 Å². The summed E-state index contributed by atoms with van der Waals surface area (Å²) in [6, 6.07) is 13.2. The molecule has 0 radical (unpaired) electrons. The predicted octanol–water partition coefficient (Wildman–Crippen LogP) is 4.79. The van der Waals surface area contributed by atoms with E-state index in [9.17, 15) is 4.79 Å². The summed E-state index contributed by atoms with van der Waals surface area (Å²) in [6.45, 7) is 8.76. The van der Waals surface area contributed by atoms with E-state index < -0.39 is 6.04 Å². The predicted molar refractivity (Wildman–Crippen MR) is 128 cm³/mol. The fourth-order valence-electron chi connectivity index (χ4n) is 3.98. The number of ether oxygens (including phenoxy) is 1. The van der Waals surface area contributed by atoms with Gasteiger partial charge >= 0.3 is 0 Å². The molecule has 2 N–H and O–H groups in total. The quantitative estimate of drug-likeness (QED) is 0.483. The lowest BCUT2D eigenvalue weighted by Gasteiger charge is -2.28. The van der Waals surface area contributed by atoms with E-state index in [2.05, 4.69) is 33.1 Å². The number of hydrogen-bond donors (Lipinski definition) is 2. The number of nitrogens with one attached hydrogen (secondary N) is 2. The molecule has 0 fully saturated rings. The van der Waals surface area contributed by atoms with Crippen LogP contribution in [0.1, 0.15) is 55.8 Å². The van der Waals surface area contributed by atoms with Crippen molar-refractivity contribution in [1.29, 1.82) is 0 Å². The Bertz CT molecular complexity index is 1170. The summed E-state index contributed by atoms with van der Waals surface area (Å²) in [5, 5.41) is 18.3. The van der Waals surface area contributed by atoms with Crippen LogP contribution in [0, 0.1) is 13.8 Å². The molecule has 33 heavy (non-hydrogen) atoms. The first-order valence-corrected chi connectivity index (χ1v) is 11.4. The summed E-state index contributed by atoms with van der Waals surface area (Å²) in [5.74, 6) is 1.11. The van der Waals surface area contributed by atoms with Crippen molar-refractivity contribution in [2.24, 2.45) is 0 Å². The fourth-order valence-corrected chi connectivity index (χ4v) is 3.98. The van der Waals surface area contributed by atoms with Crippen molar-refractivity contribution in [2.45, 2.75) is 53.0 Å². The minimum absolute atomic E-state index is 0.195. The zero-order valence-electron chi connectivity index (χ0n) is 19.6. The van der Waals surface area contributed by atoms with E-state index in [0.29, 0.717) is 23.8 Å². The van der Waals surface area contributed by atoms with Crippen LogP contribution in [0.25, 0.3) is 0 Å². The zero-order valence-corrected chi connectivity index (χ0v) is 19.6. The van der Waals surface area contributed by atoms with Crippen molar-refractivity contribution >= 4 is 17.5 Å². The van der Waals surface area contributed by atoms with Gasteiger partial charge in [-0.2, -0.15) is 4.68 Å². The smallest absolute Gasteiger partial charge is 0.255 e. The van der Waals surface area contributed by atoms with Gasteiger partial charge in [-0.1, -0.05) is 49.1 Å². The number of anilines is 2. The maximum absolute atomic E-state index is 13.5. The molecule has 172 valence electrons. The Balaban J connectivity index is 1.63. The van der Waals surface area contributed by atoms with Crippen LogP contribution in [0.2, 0.25) is 0 Å². The number of fused-ring (bicyclic) bond motifs is 1. The second kappa shape index (κ2) is 9.85. The molecule has 8 nitrogen and oxygen atoms in total. The third-order valence-corrected chi connectivity index (χ3v) is 6.02. The normalized spacial score (nSPS) is 15.1. The topological polar surface area (TPSA) is 94.0 Å². The zero-order chi connectivity index (χ0) is 23.4. The number of unbranched alkanes of at least 4 members (excludes halogenated alkanes) is 2. The molecular weight excluding hydrogens is 416 g/mol. The van der Waals surface area contributed by atoms with Crippen molar-refractivity contribution in [2.75, 3.05) is 17.2 Å². The van der Waals surface area contributed by atoms with E-state index in [0.717, 1.165) is 47.4 Å². The Hall–Kier alpha value is -3.68. The minimum atomic E-state index is -0.462. The van der Waals surface area contributed by atoms with E-state index in [1.807, 2.05) is 63.2 Å². The van der Waals surface area contributed by atoms with Crippen LogP contribution in [0.3, 0.4) is 0 Å². The van der Waals surface area contributed by atoms with Crippen molar-refractivity contribution in [3.8, 4) is 5.75 Å². The Morgan fingerprint density at radius 1 is 1.12 bits per heavy atom. The summed E-state index contributed by atoms with van der Waals surface area (Å²) in [5.41, 5.74) is 5.12. The summed E-state index contributed by atoms with van der Waals surface area (Å²) in [4.78, 5) is 13.5. The van der Waals surface area contributed by atoms with Gasteiger partial charge in [0.25, 0.3) is 5.91 Å². The largest absolute Gasteiger partial charge is 0.494 e. The van der Waals surface area contributed by atoms with Gasteiger partial charge in [0.05, 0.1) is 12.2 Å². The number of aryl methyl sites for hydroxylation is 1. The molecule has 1 amide bonds. The summed E-state index contributed by atoms with van der Waals surface area (Å²) < 4.78 is 7.49. The van der Waals surface area contributed by atoms with Crippen LogP contribution in [-0.2, 0) is 4.79 Å². The van der Waals surface area contributed by atoms with Crippen LogP contribution in [0.15, 0.2) is 53.7 Å². The van der Waals surface area contributed by atoms with Gasteiger partial charge in [-0.3, -0.25) is 4.79 Å². The maximum Gasteiger partial charge on any atom is 0.255 e. The number of hydrogen-bond acceptors (Lipinski definition) is 6.